The molecule has 0 atom stereocenters. The Balaban J connectivity index is 0.00000168. The largest absolute Gasteiger partial charge is 0.340 e. The van der Waals surface area contributed by atoms with Crippen molar-refractivity contribution in [3.8, 4) is 0 Å². The van der Waals surface area contributed by atoms with E-state index < -0.39 is 0 Å². The van der Waals surface area contributed by atoms with Gasteiger partial charge in [-0.05, 0) is 42.8 Å². The highest BCUT2D eigenvalue weighted by atomic mass is 35.5. The summed E-state index contributed by atoms with van der Waals surface area (Å²) in [5.74, 6) is 0.796. The number of fused-ring (bicyclic) bond motifs is 2. The Labute approximate surface area is 155 Å². The maximum absolute atomic E-state index is 4.43. The SMILES string of the molecule is C1=C(c2cc3c(Nc4ccc5[nH]ncc5c4)ncnc3[nH]2)CCNC1.Cl. The number of hydrogen-bond acceptors (Lipinski definition) is 5. The lowest BCUT2D eigenvalue weighted by Crippen LogP contribution is -2.20. The van der Waals surface area contributed by atoms with Gasteiger partial charge in [0.25, 0.3) is 0 Å². The topological polar surface area (TPSA) is 94.3 Å². The van der Waals surface area contributed by atoms with Crippen molar-refractivity contribution in [2.24, 2.45) is 0 Å². The van der Waals surface area contributed by atoms with Crippen molar-refractivity contribution in [3.63, 3.8) is 0 Å². The van der Waals surface area contributed by atoms with E-state index >= 15 is 0 Å². The van der Waals surface area contributed by atoms with E-state index in [-0.39, 0.29) is 12.4 Å². The molecule has 4 heterocycles. The summed E-state index contributed by atoms with van der Waals surface area (Å²) in [6.45, 7) is 1.91. The van der Waals surface area contributed by atoms with Crippen LogP contribution in [0.15, 0.2) is 42.9 Å². The molecule has 0 unspecified atom stereocenters. The molecule has 0 bridgehead atoms. The van der Waals surface area contributed by atoms with Gasteiger partial charge in [-0.3, -0.25) is 5.10 Å². The summed E-state index contributed by atoms with van der Waals surface area (Å²) >= 11 is 0. The van der Waals surface area contributed by atoms with E-state index in [1.807, 2.05) is 18.3 Å². The molecule has 0 aliphatic carbocycles. The van der Waals surface area contributed by atoms with Crippen LogP contribution in [0.4, 0.5) is 11.5 Å². The number of aromatic amines is 2. The molecule has 0 saturated heterocycles. The molecular formula is C18H18ClN7. The van der Waals surface area contributed by atoms with Gasteiger partial charge in [0.05, 0.1) is 17.1 Å². The second-order valence-corrected chi connectivity index (χ2v) is 6.15. The van der Waals surface area contributed by atoms with Crippen LogP contribution in [0.3, 0.4) is 0 Å². The van der Waals surface area contributed by atoms with Gasteiger partial charge < -0.3 is 15.6 Å². The fourth-order valence-corrected chi connectivity index (χ4v) is 3.24. The van der Waals surface area contributed by atoms with Gasteiger partial charge in [-0.2, -0.15) is 5.10 Å². The van der Waals surface area contributed by atoms with Crippen molar-refractivity contribution in [3.05, 3.63) is 48.6 Å². The fourth-order valence-electron chi connectivity index (χ4n) is 3.24. The second-order valence-electron chi connectivity index (χ2n) is 6.15. The average molecular weight is 368 g/mol. The molecule has 0 fully saturated rings. The summed E-state index contributed by atoms with van der Waals surface area (Å²) in [6.07, 6.45) is 6.63. The highest BCUT2D eigenvalue weighted by Crippen LogP contribution is 2.28. The van der Waals surface area contributed by atoms with Crippen LogP contribution >= 0.6 is 12.4 Å². The van der Waals surface area contributed by atoms with Crippen LogP contribution in [-0.4, -0.2) is 38.2 Å². The Kier molecular flexibility index (Phi) is 4.32. The minimum atomic E-state index is 0. The van der Waals surface area contributed by atoms with Crippen LogP contribution in [0.2, 0.25) is 0 Å². The molecule has 132 valence electrons. The number of aromatic nitrogens is 5. The highest BCUT2D eigenvalue weighted by Gasteiger charge is 2.12. The number of hydrogen-bond donors (Lipinski definition) is 4. The van der Waals surface area contributed by atoms with Gasteiger partial charge in [0.2, 0.25) is 0 Å². The van der Waals surface area contributed by atoms with E-state index in [1.165, 1.54) is 5.57 Å². The van der Waals surface area contributed by atoms with Gasteiger partial charge in [-0.15, -0.1) is 12.4 Å². The van der Waals surface area contributed by atoms with E-state index in [4.69, 9.17) is 0 Å². The lowest BCUT2D eigenvalue weighted by molar-refractivity contribution is 0.737. The normalized spacial score (nSPS) is 14.2. The van der Waals surface area contributed by atoms with Crippen LogP contribution in [-0.2, 0) is 0 Å². The third kappa shape index (κ3) is 2.91. The van der Waals surface area contributed by atoms with Crippen LogP contribution in [0.1, 0.15) is 12.1 Å². The number of anilines is 2. The van der Waals surface area contributed by atoms with Gasteiger partial charge in [0.1, 0.15) is 17.8 Å². The van der Waals surface area contributed by atoms with Crippen LogP contribution in [0.25, 0.3) is 27.5 Å². The van der Waals surface area contributed by atoms with Crippen LogP contribution in [0, 0.1) is 0 Å². The highest BCUT2D eigenvalue weighted by molar-refractivity contribution is 5.93. The molecule has 7 nitrogen and oxygen atoms in total. The average Bonchev–Trinajstić information content (AvgIpc) is 3.29. The molecule has 0 spiro atoms. The third-order valence-electron chi connectivity index (χ3n) is 4.54. The van der Waals surface area contributed by atoms with Crippen molar-refractivity contribution in [1.29, 1.82) is 0 Å². The van der Waals surface area contributed by atoms with Gasteiger partial charge >= 0.3 is 0 Å². The summed E-state index contributed by atoms with van der Waals surface area (Å²) in [7, 11) is 0. The van der Waals surface area contributed by atoms with E-state index in [1.54, 1.807) is 6.33 Å². The molecule has 1 aliphatic rings. The standard InChI is InChI=1S/C18H17N7.ClH/c1-2-15-12(9-22-25-15)7-13(1)23-17-14-8-16(11-3-5-19-6-4-11)24-18(14)21-10-20-17;/h1-3,7-10,19H,4-6H2,(H,22,25)(H2,20,21,23,24);1H. The Morgan fingerprint density at radius 3 is 2.96 bits per heavy atom. The zero-order valence-corrected chi connectivity index (χ0v) is 14.7. The molecule has 1 aromatic carbocycles. The first-order valence-corrected chi connectivity index (χ1v) is 8.31. The lowest BCUT2D eigenvalue weighted by atomic mass is 10.1. The number of halogens is 1. The molecule has 0 amide bonds. The Bertz CT molecular complexity index is 1100. The number of nitrogens with one attached hydrogen (secondary N) is 4. The number of rotatable bonds is 3. The molecule has 0 radical (unpaired) electrons. The summed E-state index contributed by atoms with van der Waals surface area (Å²) in [4.78, 5) is 12.2. The number of nitrogens with zero attached hydrogens (tertiary/aromatic N) is 3. The minimum Gasteiger partial charge on any atom is -0.340 e. The molecule has 5 rings (SSSR count). The van der Waals surface area contributed by atoms with E-state index in [0.29, 0.717) is 0 Å². The minimum absolute atomic E-state index is 0. The maximum atomic E-state index is 4.43. The first-order chi connectivity index (χ1) is 12.4. The van der Waals surface area contributed by atoms with E-state index in [9.17, 15) is 0 Å². The maximum Gasteiger partial charge on any atom is 0.143 e. The Morgan fingerprint density at radius 2 is 2.08 bits per heavy atom. The summed E-state index contributed by atoms with van der Waals surface area (Å²) < 4.78 is 0. The van der Waals surface area contributed by atoms with Crippen molar-refractivity contribution in [2.75, 3.05) is 18.4 Å². The third-order valence-corrected chi connectivity index (χ3v) is 4.54. The molecule has 0 saturated carbocycles. The van der Waals surface area contributed by atoms with Gasteiger partial charge in [0.15, 0.2) is 0 Å². The van der Waals surface area contributed by atoms with Crippen molar-refractivity contribution >= 4 is 51.4 Å². The first-order valence-electron chi connectivity index (χ1n) is 8.31. The van der Waals surface area contributed by atoms with E-state index in [2.05, 4.69) is 54.0 Å². The Hall–Kier alpha value is -2.90. The van der Waals surface area contributed by atoms with E-state index in [0.717, 1.165) is 58.6 Å². The molecular weight excluding hydrogens is 350 g/mol. The van der Waals surface area contributed by atoms with Crippen molar-refractivity contribution in [2.45, 2.75) is 6.42 Å². The first kappa shape index (κ1) is 16.6. The van der Waals surface area contributed by atoms with Gasteiger partial charge in [-0.1, -0.05) is 6.08 Å². The quantitative estimate of drug-likeness (QED) is 0.445. The summed E-state index contributed by atoms with van der Waals surface area (Å²) in [5.41, 5.74) is 5.27. The molecule has 3 aromatic heterocycles. The van der Waals surface area contributed by atoms with Crippen LogP contribution < -0.4 is 10.6 Å². The molecule has 4 N–H and O–H groups in total. The van der Waals surface area contributed by atoms with Crippen molar-refractivity contribution < 1.29 is 0 Å². The number of H-pyrrole nitrogens is 2. The summed E-state index contributed by atoms with van der Waals surface area (Å²) in [6, 6.07) is 8.20. The lowest BCUT2D eigenvalue weighted by Gasteiger charge is -2.12. The molecule has 1 aliphatic heterocycles. The smallest absolute Gasteiger partial charge is 0.143 e. The Morgan fingerprint density at radius 1 is 1.12 bits per heavy atom. The van der Waals surface area contributed by atoms with Crippen LogP contribution in [0.5, 0.6) is 0 Å². The predicted molar refractivity (Wildman–Crippen MR) is 106 cm³/mol. The van der Waals surface area contributed by atoms with Gasteiger partial charge in [0, 0.05) is 23.3 Å². The molecule has 8 heteroatoms. The van der Waals surface area contributed by atoms with Crippen molar-refractivity contribution in [1.82, 2.24) is 30.5 Å². The molecule has 26 heavy (non-hydrogen) atoms. The monoisotopic (exact) mass is 367 g/mol. The second kappa shape index (κ2) is 6.78. The zero-order valence-electron chi connectivity index (χ0n) is 13.9. The van der Waals surface area contributed by atoms with Gasteiger partial charge in [-0.25, -0.2) is 9.97 Å². The summed E-state index contributed by atoms with van der Waals surface area (Å²) in [5, 5.41) is 15.8. The molecule has 4 aromatic rings. The number of benzene rings is 1. The fraction of sp³-hybridized carbons (Fsp3) is 0.167. The predicted octanol–water partition coefficient (Wildman–Crippen LogP) is 3.38. The zero-order chi connectivity index (χ0) is 16.6.